The molecule has 2 rings (SSSR count). The molecule has 9 heteroatoms. The Morgan fingerprint density at radius 2 is 1.82 bits per heavy atom. The molecule has 0 amide bonds. The number of ether oxygens (including phenoxy) is 2. The molecule has 2 N–H and O–H groups in total. The van der Waals surface area contributed by atoms with Gasteiger partial charge in [-0.25, -0.2) is 13.1 Å². The van der Waals surface area contributed by atoms with Gasteiger partial charge >= 0.3 is 5.97 Å². The van der Waals surface area contributed by atoms with Gasteiger partial charge in [-0.15, -0.1) is 12.4 Å². The van der Waals surface area contributed by atoms with Crippen molar-refractivity contribution >= 4 is 28.4 Å². The Bertz CT molecular complexity index is 768. The smallest absolute Gasteiger partial charge is 0.324 e. The molecule has 0 spiro atoms. The minimum absolute atomic E-state index is 0. The van der Waals surface area contributed by atoms with Crippen LogP contribution in [-0.4, -0.2) is 52.5 Å². The summed E-state index contributed by atoms with van der Waals surface area (Å²) in [6.45, 7) is 6.81. The molecule has 1 aliphatic rings. The van der Waals surface area contributed by atoms with E-state index in [1.807, 2.05) is 31.2 Å². The van der Waals surface area contributed by atoms with Crippen LogP contribution in [0.3, 0.4) is 0 Å². The van der Waals surface area contributed by atoms with Crippen molar-refractivity contribution in [1.82, 2.24) is 10.0 Å². The Balaban J connectivity index is 0.00000544. The van der Waals surface area contributed by atoms with E-state index < -0.39 is 22.0 Å². The highest BCUT2D eigenvalue weighted by Gasteiger charge is 2.25. The monoisotopic (exact) mass is 504 g/mol. The first-order chi connectivity index (χ1) is 15.4. The zero-order chi connectivity index (χ0) is 23.2. The number of rotatable bonds is 15. The van der Waals surface area contributed by atoms with Crippen molar-refractivity contribution in [2.24, 2.45) is 5.92 Å². The molecular weight excluding hydrogens is 464 g/mol. The number of carbonyl (C=O) groups excluding carboxylic acids is 1. The van der Waals surface area contributed by atoms with E-state index in [1.54, 1.807) is 6.92 Å². The summed E-state index contributed by atoms with van der Waals surface area (Å²) < 4.78 is 38.0. The zero-order valence-electron chi connectivity index (χ0n) is 20.0. The van der Waals surface area contributed by atoms with Crippen molar-refractivity contribution < 1.29 is 22.7 Å². The first-order valence-electron chi connectivity index (χ1n) is 12.0. The third kappa shape index (κ3) is 12.1. The zero-order valence-corrected chi connectivity index (χ0v) is 21.6. The molecule has 190 valence electrons. The Hall–Kier alpha value is -1.35. The van der Waals surface area contributed by atoms with Gasteiger partial charge in [-0.05, 0) is 82.2 Å². The Kier molecular flexibility index (Phi) is 14.7. The fourth-order valence-electron chi connectivity index (χ4n) is 3.88. The molecule has 1 aromatic rings. The van der Waals surface area contributed by atoms with Crippen molar-refractivity contribution in [1.29, 1.82) is 0 Å². The number of esters is 1. The van der Waals surface area contributed by atoms with Crippen LogP contribution < -0.4 is 14.8 Å². The number of unbranched alkanes of at least 4 members (excludes halogenated alkanes) is 2. The van der Waals surface area contributed by atoms with E-state index >= 15 is 0 Å². The minimum atomic E-state index is -3.54. The summed E-state index contributed by atoms with van der Waals surface area (Å²) in [5.41, 5.74) is 0.847. The lowest BCUT2D eigenvalue weighted by atomic mass is 9.93. The average molecular weight is 505 g/mol. The van der Waals surface area contributed by atoms with Crippen LogP contribution in [0.15, 0.2) is 24.3 Å². The molecule has 1 aromatic carbocycles. The predicted octanol–water partition coefficient (Wildman–Crippen LogP) is 3.85. The van der Waals surface area contributed by atoms with E-state index in [4.69, 9.17) is 9.47 Å². The molecule has 0 saturated carbocycles. The van der Waals surface area contributed by atoms with Crippen molar-refractivity contribution in [3.63, 3.8) is 0 Å². The van der Waals surface area contributed by atoms with Gasteiger partial charge in [-0.3, -0.25) is 4.79 Å². The number of sulfonamides is 1. The summed E-state index contributed by atoms with van der Waals surface area (Å²) >= 11 is 0. The molecule has 1 saturated heterocycles. The van der Waals surface area contributed by atoms with Crippen LogP contribution in [0.1, 0.15) is 64.4 Å². The number of hydrogen-bond donors (Lipinski definition) is 2. The minimum Gasteiger partial charge on any atom is -0.494 e. The highest BCUT2D eigenvalue weighted by Crippen LogP contribution is 2.19. The molecule has 1 fully saturated rings. The molecule has 0 aromatic heterocycles. The largest absolute Gasteiger partial charge is 0.494 e. The Morgan fingerprint density at radius 3 is 2.45 bits per heavy atom. The number of benzene rings is 1. The maximum atomic E-state index is 12.3. The fraction of sp³-hybridized carbons (Fsp3) is 0.708. The van der Waals surface area contributed by atoms with Crippen LogP contribution in [0.5, 0.6) is 5.75 Å². The van der Waals surface area contributed by atoms with Gasteiger partial charge in [-0.1, -0.05) is 31.9 Å². The predicted molar refractivity (Wildman–Crippen MR) is 135 cm³/mol. The topological polar surface area (TPSA) is 93.7 Å². The molecule has 7 nitrogen and oxygen atoms in total. The SMILES string of the molecule is CCCCS(=O)(=O)N[C@@H](Cc1ccc(OCCCCC2CCNCC2)cc1)C(=O)OCC.Cl. The van der Waals surface area contributed by atoms with Gasteiger partial charge in [0.05, 0.1) is 19.0 Å². The number of carbonyl (C=O) groups is 1. The first-order valence-corrected chi connectivity index (χ1v) is 13.7. The van der Waals surface area contributed by atoms with Gasteiger partial charge in [0, 0.05) is 0 Å². The van der Waals surface area contributed by atoms with E-state index in [2.05, 4.69) is 10.0 Å². The molecule has 0 radical (unpaired) electrons. The molecule has 0 bridgehead atoms. The molecule has 0 aliphatic carbocycles. The maximum Gasteiger partial charge on any atom is 0.324 e. The van der Waals surface area contributed by atoms with Crippen LogP contribution in [0, 0.1) is 5.92 Å². The van der Waals surface area contributed by atoms with E-state index in [0.717, 1.165) is 43.2 Å². The maximum absolute atomic E-state index is 12.3. The number of piperidine rings is 1. The van der Waals surface area contributed by atoms with E-state index in [-0.39, 0.29) is 31.2 Å². The quantitative estimate of drug-likeness (QED) is 0.278. The number of nitrogens with one attached hydrogen (secondary N) is 2. The summed E-state index contributed by atoms with van der Waals surface area (Å²) in [6, 6.07) is 6.55. The second-order valence-corrected chi connectivity index (χ2v) is 10.4. The molecule has 1 aliphatic heterocycles. The average Bonchev–Trinajstić information content (AvgIpc) is 2.79. The molecule has 0 unspecified atom stereocenters. The summed E-state index contributed by atoms with van der Waals surface area (Å²) in [5.74, 6) is 1.08. The molecule has 33 heavy (non-hydrogen) atoms. The third-order valence-corrected chi connectivity index (χ3v) is 7.23. The molecule has 1 heterocycles. The van der Waals surface area contributed by atoms with Crippen LogP contribution in [0.2, 0.25) is 0 Å². The lowest BCUT2D eigenvalue weighted by Crippen LogP contribution is -2.44. The lowest BCUT2D eigenvalue weighted by molar-refractivity contribution is -0.145. The Morgan fingerprint density at radius 1 is 1.12 bits per heavy atom. The van der Waals surface area contributed by atoms with Crippen LogP contribution in [-0.2, 0) is 26.0 Å². The summed E-state index contributed by atoms with van der Waals surface area (Å²) in [5, 5.41) is 3.40. The van der Waals surface area contributed by atoms with Gasteiger partial charge in [0.1, 0.15) is 11.8 Å². The van der Waals surface area contributed by atoms with Gasteiger partial charge < -0.3 is 14.8 Å². The van der Waals surface area contributed by atoms with Crippen LogP contribution in [0.25, 0.3) is 0 Å². The summed E-state index contributed by atoms with van der Waals surface area (Å²) in [7, 11) is -3.54. The molecular formula is C24H41ClN2O5S. The summed E-state index contributed by atoms with van der Waals surface area (Å²) in [4.78, 5) is 12.3. The lowest BCUT2D eigenvalue weighted by Gasteiger charge is -2.22. The normalized spacial score (nSPS) is 15.5. The highest BCUT2D eigenvalue weighted by atomic mass is 35.5. The second kappa shape index (κ2) is 16.3. The highest BCUT2D eigenvalue weighted by molar-refractivity contribution is 7.89. The van der Waals surface area contributed by atoms with Crippen molar-refractivity contribution in [2.75, 3.05) is 32.1 Å². The summed E-state index contributed by atoms with van der Waals surface area (Å²) in [6.07, 6.45) is 7.61. The van der Waals surface area contributed by atoms with Crippen molar-refractivity contribution in [2.45, 2.75) is 71.3 Å². The van der Waals surface area contributed by atoms with Crippen molar-refractivity contribution in [3.05, 3.63) is 29.8 Å². The number of hydrogen-bond acceptors (Lipinski definition) is 6. The van der Waals surface area contributed by atoms with Crippen LogP contribution >= 0.6 is 12.4 Å². The number of halogens is 1. The van der Waals surface area contributed by atoms with Gasteiger partial charge in [0.15, 0.2) is 0 Å². The van der Waals surface area contributed by atoms with Gasteiger partial charge in [0.2, 0.25) is 10.0 Å². The van der Waals surface area contributed by atoms with E-state index in [1.165, 1.54) is 25.7 Å². The van der Waals surface area contributed by atoms with Gasteiger partial charge in [0.25, 0.3) is 0 Å². The molecule has 1 atom stereocenters. The second-order valence-electron chi connectivity index (χ2n) is 8.48. The third-order valence-electron chi connectivity index (χ3n) is 5.76. The first kappa shape index (κ1) is 29.7. The Labute approximate surface area is 205 Å². The van der Waals surface area contributed by atoms with Crippen LogP contribution in [0.4, 0.5) is 0 Å². The van der Waals surface area contributed by atoms with Gasteiger partial charge in [-0.2, -0.15) is 0 Å². The standard InChI is InChI=1S/C24H40N2O5S.ClH/c1-3-5-18-32(28,29)26-23(24(27)30-4-2)19-21-9-11-22(12-10-21)31-17-7-6-8-20-13-15-25-16-14-20;/h9-12,20,23,25-26H,3-8,13-19H2,1-2H3;1H/t23-;/m0./s1. The van der Waals surface area contributed by atoms with Crippen molar-refractivity contribution in [3.8, 4) is 5.75 Å². The fourth-order valence-corrected chi connectivity index (χ4v) is 5.28. The van der Waals surface area contributed by atoms with E-state index in [0.29, 0.717) is 13.0 Å². The van der Waals surface area contributed by atoms with E-state index in [9.17, 15) is 13.2 Å².